The third-order valence-corrected chi connectivity index (χ3v) is 2.03. The van der Waals surface area contributed by atoms with Gasteiger partial charge in [0.05, 0.1) is 0 Å². The molecule has 0 aromatic heterocycles. The maximum absolute atomic E-state index is 11.0. The molecule has 1 unspecified atom stereocenters. The molecule has 0 heterocycles. The second-order valence-electron chi connectivity index (χ2n) is 3.38. The van der Waals surface area contributed by atoms with E-state index in [1.165, 1.54) is 6.92 Å². The fraction of sp³-hybridized carbons (Fsp3) is 0.364. The molecule has 3 N–H and O–H groups in total. The van der Waals surface area contributed by atoms with Crippen LogP contribution in [0.3, 0.4) is 0 Å². The number of carbonyl (C=O) groups is 1. The molecular formula is C11H15NO3. The van der Waals surface area contributed by atoms with Crippen LogP contribution in [0.1, 0.15) is 12.5 Å². The number of hydrogen-bond acceptors (Lipinski definition) is 3. The van der Waals surface area contributed by atoms with Gasteiger partial charge in [0.25, 0.3) is 0 Å². The molecule has 82 valence electrons. The van der Waals surface area contributed by atoms with Crippen molar-refractivity contribution in [3.63, 3.8) is 0 Å². The number of phenols is 1. The van der Waals surface area contributed by atoms with E-state index in [-0.39, 0.29) is 11.7 Å². The maximum atomic E-state index is 11.0. The molecule has 1 amide bonds. The highest BCUT2D eigenvalue weighted by atomic mass is 16.3. The Morgan fingerprint density at radius 1 is 1.40 bits per heavy atom. The van der Waals surface area contributed by atoms with Gasteiger partial charge < -0.3 is 15.5 Å². The zero-order valence-electron chi connectivity index (χ0n) is 8.60. The van der Waals surface area contributed by atoms with Gasteiger partial charge in [-0.15, -0.1) is 0 Å². The van der Waals surface area contributed by atoms with Crippen LogP contribution in [0.25, 0.3) is 0 Å². The molecule has 0 aliphatic heterocycles. The molecule has 15 heavy (non-hydrogen) atoms. The second kappa shape index (κ2) is 5.36. The fourth-order valence-corrected chi connectivity index (χ4v) is 1.14. The minimum atomic E-state index is -0.968. The molecule has 1 atom stereocenters. The van der Waals surface area contributed by atoms with Crippen LogP contribution < -0.4 is 5.32 Å². The van der Waals surface area contributed by atoms with Gasteiger partial charge in [0.15, 0.2) is 0 Å². The van der Waals surface area contributed by atoms with Crippen molar-refractivity contribution in [2.45, 2.75) is 19.4 Å². The standard InChI is InChI=1S/C11H15NO3/c1-8(13)11(15)12-7-6-9-2-4-10(14)5-3-9/h2-5,8,13-14H,6-7H2,1H3,(H,12,15). The normalized spacial score (nSPS) is 12.1. The number of carbonyl (C=O) groups excluding carboxylic acids is 1. The molecule has 4 nitrogen and oxygen atoms in total. The fourth-order valence-electron chi connectivity index (χ4n) is 1.14. The first-order chi connectivity index (χ1) is 7.09. The number of aliphatic hydroxyl groups is 1. The lowest BCUT2D eigenvalue weighted by molar-refractivity contribution is -0.128. The topological polar surface area (TPSA) is 69.6 Å². The summed E-state index contributed by atoms with van der Waals surface area (Å²) in [4.78, 5) is 11.0. The maximum Gasteiger partial charge on any atom is 0.248 e. The molecular weight excluding hydrogens is 194 g/mol. The first-order valence-corrected chi connectivity index (χ1v) is 4.83. The molecule has 1 rings (SSSR count). The van der Waals surface area contributed by atoms with Gasteiger partial charge in [0.1, 0.15) is 11.9 Å². The number of amides is 1. The molecule has 0 saturated carbocycles. The molecule has 4 heteroatoms. The van der Waals surface area contributed by atoms with Crippen LogP contribution in [0.2, 0.25) is 0 Å². The summed E-state index contributed by atoms with van der Waals surface area (Å²) in [6.07, 6.45) is -0.288. The Morgan fingerprint density at radius 3 is 2.53 bits per heavy atom. The molecule has 0 aliphatic carbocycles. The van der Waals surface area contributed by atoms with Crippen molar-refractivity contribution >= 4 is 5.91 Å². The SMILES string of the molecule is CC(O)C(=O)NCCc1ccc(O)cc1. The van der Waals surface area contributed by atoms with Crippen molar-refractivity contribution in [2.24, 2.45) is 0 Å². The quantitative estimate of drug-likeness (QED) is 0.673. The van der Waals surface area contributed by atoms with E-state index in [1.54, 1.807) is 24.3 Å². The van der Waals surface area contributed by atoms with Gasteiger partial charge in [-0.25, -0.2) is 0 Å². The van der Waals surface area contributed by atoms with Crippen molar-refractivity contribution in [2.75, 3.05) is 6.54 Å². The Kier molecular flexibility index (Phi) is 4.12. The lowest BCUT2D eigenvalue weighted by Crippen LogP contribution is -2.33. The summed E-state index contributed by atoms with van der Waals surface area (Å²) >= 11 is 0. The van der Waals surface area contributed by atoms with Crippen LogP contribution in [0.5, 0.6) is 5.75 Å². The van der Waals surface area contributed by atoms with Crippen molar-refractivity contribution in [3.8, 4) is 5.75 Å². The Bertz CT molecular complexity index is 319. The highest BCUT2D eigenvalue weighted by molar-refractivity contribution is 5.79. The summed E-state index contributed by atoms with van der Waals surface area (Å²) in [6.45, 7) is 1.91. The van der Waals surface area contributed by atoms with E-state index in [9.17, 15) is 4.79 Å². The summed E-state index contributed by atoms with van der Waals surface area (Å²) in [5, 5.41) is 20.5. The van der Waals surface area contributed by atoms with E-state index >= 15 is 0 Å². The zero-order chi connectivity index (χ0) is 11.3. The molecule has 1 aromatic rings. The van der Waals surface area contributed by atoms with E-state index in [1.807, 2.05) is 0 Å². The van der Waals surface area contributed by atoms with Crippen molar-refractivity contribution in [3.05, 3.63) is 29.8 Å². The smallest absolute Gasteiger partial charge is 0.248 e. The number of benzene rings is 1. The predicted molar refractivity (Wildman–Crippen MR) is 56.5 cm³/mol. The first-order valence-electron chi connectivity index (χ1n) is 4.83. The predicted octanol–water partition coefficient (Wildman–Crippen LogP) is 0.432. The van der Waals surface area contributed by atoms with Crippen molar-refractivity contribution in [1.29, 1.82) is 0 Å². The molecule has 1 aromatic carbocycles. The van der Waals surface area contributed by atoms with Gasteiger partial charge in [-0.2, -0.15) is 0 Å². The molecule has 0 fully saturated rings. The molecule has 0 radical (unpaired) electrons. The highest BCUT2D eigenvalue weighted by Crippen LogP contribution is 2.09. The summed E-state index contributed by atoms with van der Waals surface area (Å²) in [5.74, 6) is -0.138. The van der Waals surface area contributed by atoms with Crippen LogP contribution in [0.4, 0.5) is 0 Å². The molecule has 0 aliphatic rings. The lowest BCUT2D eigenvalue weighted by Gasteiger charge is -2.06. The zero-order valence-corrected chi connectivity index (χ0v) is 8.60. The summed E-state index contributed by atoms with van der Waals surface area (Å²) in [6, 6.07) is 6.80. The highest BCUT2D eigenvalue weighted by Gasteiger charge is 2.06. The van der Waals surface area contributed by atoms with E-state index in [2.05, 4.69) is 5.32 Å². The molecule has 0 spiro atoms. The average Bonchev–Trinajstić information content (AvgIpc) is 2.20. The summed E-state index contributed by atoms with van der Waals surface area (Å²) < 4.78 is 0. The lowest BCUT2D eigenvalue weighted by atomic mass is 10.1. The minimum absolute atomic E-state index is 0.228. The average molecular weight is 209 g/mol. The minimum Gasteiger partial charge on any atom is -0.508 e. The van der Waals surface area contributed by atoms with Crippen LogP contribution in [0.15, 0.2) is 24.3 Å². The number of phenolic OH excluding ortho intramolecular Hbond substituents is 1. The van der Waals surface area contributed by atoms with Gasteiger partial charge in [-0.1, -0.05) is 12.1 Å². The van der Waals surface area contributed by atoms with Crippen LogP contribution in [-0.2, 0) is 11.2 Å². The van der Waals surface area contributed by atoms with E-state index in [4.69, 9.17) is 10.2 Å². The van der Waals surface area contributed by atoms with Gasteiger partial charge in [0.2, 0.25) is 5.91 Å². The van der Waals surface area contributed by atoms with Crippen molar-refractivity contribution in [1.82, 2.24) is 5.32 Å². The van der Waals surface area contributed by atoms with E-state index in [0.29, 0.717) is 13.0 Å². The monoisotopic (exact) mass is 209 g/mol. The largest absolute Gasteiger partial charge is 0.508 e. The number of aromatic hydroxyl groups is 1. The van der Waals surface area contributed by atoms with Gasteiger partial charge in [0, 0.05) is 6.54 Å². The Balaban J connectivity index is 2.32. The number of aliphatic hydroxyl groups excluding tert-OH is 1. The third kappa shape index (κ3) is 3.99. The number of rotatable bonds is 4. The molecule has 0 bridgehead atoms. The van der Waals surface area contributed by atoms with Crippen molar-refractivity contribution < 1.29 is 15.0 Å². The van der Waals surface area contributed by atoms with Gasteiger partial charge in [-0.3, -0.25) is 4.79 Å². The Labute approximate surface area is 88.6 Å². The van der Waals surface area contributed by atoms with E-state index < -0.39 is 6.10 Å². The van der Waals surface area contributed by atoms with Crippen LogP contribution in [0, 0.1) is 0 Å². The first kappa shape index (κ1) is 11.5. The van der Waals surface area contributed by atoms with Gasteiger partial charge >= 0.3 is 0 Å². The number of nitrogens with one attached hydrogen (secondary N) is 1. The van der Waals surface area contributed by atoms with Crippen LogP contribution in [-0.4, -0.2) is 28.8 Å². The van der Waals surface area contributed by atoms with Gasteiger partial charge in [-0.05, 0) is 31.0 Å². The Hall–Kier alpha value is -1.55. The summed E-state index contributed by atoms with van der Waals surface area (Å²) in [5.41, 5.74) is 1.03. The van der Waals surface area contributed by atoms with E-state index in [0.717, 1.165) is 5.56 Å². The third-order valence-electron chi connectivity index (χ3n) is 2.03. The van der Waals surface area contributed by atoms with Crippen LogP contribution >= 0.6 is 0 Å². The number of hydrogen-bond donors (Lipinski definition) is 3. The second-order valence-corrected chi connectivity index (χ2v) is 3.38. The summed E-state index contributed by atoms with van der Waals surface area (Å²) in [7, 11) is 0. The Morgan fingerprint density at radius 2 is 2.00 bits per heavy atom. The molecule has 0 saturated heterocycles.